The molecule has 0 bridgehead atoms. The van der Waals surface area contributed by atoms with E-state index in [0.717, 1.165) is 10.1 Å². The third-order valence-electron chi connectivity index (χ3n) is 3.14. The maximum atomic E-state index is 13.3. The molecular formula is C14H12FN3O3S2. The van der Waals surface area contributed by atoms with Gasteiger partial charge in [0.1, 0.15) is 5.82 Å². The van der Waals surface area contributed by atoms with Crippen LogP contribution in [0.4, 0.5) is 9.52 Å². The van der Waals surface area contributed by atoms with Gasteiger partial charge in [0.2, 0.25) is 5.13 Å². The lowest BCUT2D eigenvalue weighted by molar-refractivity contribution is -0.125. The van der Waals surface area contributed by atoms with Crippen LogP contribution < -0.4 is 5.32 Å². The van der Waals surface area contributed by atoms with Gasteiger partial charge in [0, 0.05) is 6.42 Å². The number of benzene rings is 1. The molecule has 1 N–H and O–H groups in total. The van der Waals surface area contributed by atoms with Crippen molar-refractivity contribution in [1.82, 2.24) is 10.2 Å². The summed E-state index contributed by atoms with van der Waals surface area (Å²) in [6, 6.07) is 3.80. The number of nitrogens with one attached hydrogen (secondary N) is 1. The molecule has 2 aromatic rings. The second-order valence-electron chi connectivity index (χ2n) is 4.69. The molecule has 0 saturated heterocycles. The molecule has 1 aliphatic heterocycles. The number of amides is 1. The van der Waals surface area contributed by atoms with Gasteiger partial charge in [-0.15, -0.1) is 10.2 Å². The fourth-order valence-corrected chi connectivity index (χ4v) is 3.79. The zero-order chi connectivity index (χ0) is 16.4. The summed E-state index contributed by atoms with van der Waals surface area (Å²) in [5.74, 6) is -0.739. The molecule has 6 nitrogen and oxygen atoms in total. The first kappa shape index (κ1) is 15.9. The van der Waals surface area contributed by atoms with Crippen LogP contribution in [0.1, 0.15) is 22.8 Å². The number of carbonyl (C=O) groups is 2. The zero-order valence-corrected chi connectivity index (χ0v) is 13.7. The number of ether oxygens (including phenoxy) is 1. The van der Waals surface area contributed by atoms with Crippen molar-refractivity contribution in [2.24, 2.45) is 0 Å². The Morgan fingerprint density at radius 2 is 2.35 bits per heavy atom. The maximum Gasteiger partial charge on any atom is 0.339 e. The van der Waals surface area contributed by atoms with Gasteiger partial charge in [0.15, 0.2) is 10.4 Å². The number of halogens is 1. The van der Waals surface area contributed by atoms with Gasteiger partial charge < -0.3 is 4.74 Å². The van der Waals surface area contributed by atoms with Crippen molar-refractivity contribution in [3.8, 4) is 0 Å². The van der Waals surface area contributed by atoms with E-state index in [4.69, 9.17) is 4.74 Å². The van der Waals surface area contributed by atoms with Crippen LogP contribution >= 0.6 is 23.1 Å². The van der Waals surface area contributed by atoms with Crippen molar-refractivity contribution in [3.63, 3.8) is 0 Å². The smallest absolute Gasteiger partial charge is 0.339 e. The Balaban J connectivity index is 1.72. The fraction of sp³-hybridized carbons (Fsp3) is 0.286. The maximum absolute atomic E-state index is 13.3. The summed E-state index contributed by atoms with van der Waals surface area (Å²) in [5.41, 5.74) is 0.744. The van der Waals surface area contributed by atoms with Gasteiger partial charge in [-0.25, -0.2) is 9.18 Å². The Labute approximate surface area is 139 Å². The number of carbonyl (C=O) groups excluding carboxylic acids is 2. The number of rotatable bonds is 4. The standard InChI is InChI=1S/C14H12FN3O3S2/c1-2-22-14-18-17-13(23-14)16-11(19)10-6-7-5-8(15)3-4-9(7)12(20)21-10/h3-5,10H,2,6H2,1H3,(H,16,17,19). The van der Waals surface area contributed by atoms with E-state index in [2.05, 4.69) is 15.5 Å². The molecule has 23 heavy (non-hydrogen) atoms. The number of thioether (sulfide) groups is 1. The highest BCUT2D eigenvalue weighted by molar-refractivity contribution is 8.01. The highest BCUT2D eigenvalue weighted by Crippen LogP contribution is 2.26. The largest absolute Gasteiger partial charge is 0.448 e. The Bertz CT molecular complexity index is 765. The molecule has 1 amide bonds. The van der Waals surface area contributed by atoms with Crippen LogP contribution in [0.15, 0.2) is 22.5 Å². The Morgan fingerprint density at radius 3 is 3.13 bits per heavy atom. The number of esters is 1. The number of anilines is 1. The highest BCUT2D eigenvalue weighted by atomic mass is 32.2. The van der Waals surface area contributed by atoms with Gasteiger partial charge in [0.05, 0.1) is 5.56 Å². The summed E-state index contributed by atoms with van der Waals surface area (Å²) in [6.07, 6.45) is -0.886. The van der Waals surface area contributed by atoms with Crippen molar-refractivity contribution in [2.45, 2.75) is 23.8 Å². The molecule has 1 aliphatic rings. The lowest BCUT2D eigenvalue weighted by Gasteiger charge is -2.23. The van der Waals surface area contributed by atoms with Crippen LogP contribution in [-0.2, 0) is 16.0 Å². The van der Waals surface area contributed by atoms with Crippen LogP contribution in [0.3, 0.4) is 0 Å². The minimum atomic E-state index is -1.01. The van der Waals surface area contributed by atoms with Crippen LogP contribution in [0.2, 0.25) is 0 Å². The summed E-state index contributed by atoms with van der Waals surface area (Å²) < 4.78 is 19.2. The normalized spacial score (nSPS) is 16.6. The first-order valence-electron chi connectivity index (χ1n) is 6.83. The quantitative estimate of drug-likeness (QED) is 0.517. The fourth-order valence-electron chi connectivity index (χ4n) is 2.14. The molecule has 2 heterocycles. The minimum absolute atomic E-state index is 0.125. The summed E-state index contributed by atoms with van der Waals surface area (Å²) in [7, 11) is 0. The third kappa shape index (κ3) is 3.50. The second kappa shape index (κ2) is 6.63. The molecule has 1 aromatic heterocycles. The molecule has 0 saturated carbocycles. The SMILES string of the molecule is CCSc1nnc(NC(=O)C2Cc3cc(F)ccc3C(=O)O2)s1. The predicted molar refractivity (Wildman–Crippen MR) is 84.2 cm³/mol. The van der Waals surface area contributed by atoms with E-state index in [0.29, 0.717) is 10.7 Å². The number of hydrogen-bond donors (Lipinski definition) is 1. The average Bonchev–Trinajstić information content (AvgIpc) is 2.94. The van der Waals surface area contributed by atoms with E-state index < -0.39 is 23.8 Å². The van der Waals surface area contributed by atoms with Crippen LogP contribution in [0, 0.1) is 5.82 Å². The summed E-state index contributed by atoms with van der Waals surface area (Å²) >= 11 is 2.76. The van der Waals surface area contributed by atoms with Gasteiger partial charge >= 0.3 is 5.97 Å². The minimum Gasteiger partial charge on any atom is -0.448 e. The lowest BCUT2D eigenvalue weighted by Crippen LogP contribution is -2.38. The summed E-state index contributed by atoms with van der Waals surface area (Å²) in [4.78, 5) is 24.1. The second-order valence-corrected chi connectivity index (χ2v) is 7.18. The van der Waals surface area contributed by atoms with Gasteiger partial charge in [-0.2, -0.15) is 0 Å². The molecule has 3 rings (SSSR count). The monoisotopic (exact) mass is 353 g/mol. The molecule has 0 spiro atoms. The van der Waals surface area contributed by atoms with Crippen LogP contribution in [0.5, 0.6) is 0 Å². The summed E-state index contributed by atoms with van der Waals surface area (Å²) in [6.45, 7) is 1.99. The number of fused-ring (bicyclic) bond motifs is 1. The van der Waals surface area contributed by atoms with Crippen LogP contribution in [-0.4, -0.2) is 33.9 Å². The van der Waals surface area contributed by atoms with Gasteiger partial charge in [0.25, 0.3) is 5.91 Å². The van der Waals surface area contributed by atoms with E-state index in [1.807, 2.05) is 6.92 Å². The van der Waals surface area contributed by atoms with Crippen molar-refractivity contribution < 1.29 is 18.7 Å². The van der Waals surface area contributed by atoms with Gasteiger partial charge in [-0.05, 0) is 29.5 Å². The first-order valence-corrected chi connectivity index (χ1v) is 8.63. The molecular weight excluding hydrogens is 341 g/mol. The van der Waals surface area contributed by atoms with E-state index in [9.17, 15) is 14.0 Å². The van der Waals surface area contributed by atoms with E-state index >= 15 is 0 Å². The van der Waals surface area contributed by atoms with Crippen molar-refractivity contribution in [2.75, 3.05) is 11.1 Å². The Morgan fingerprint density at radius 1 is 1.52 bits per heavy atom. The van der Waals surface area contributed by atoms with Crippen molar-refractivity contribution >= 4 is 40.1 Å². The number of nitrogens with zero attached hydrogens (tertiary/aromatic N) is 2. The van der Waals surface area contributed by atoms with E-state index in [1.165, 1.54) is 41.3 Å². The number of hydrogen-bond acceptors (Lipinski definition) is 7. The topological polar surface area (TPSA) is 81.2 Å². The van der Waals surface area contributed by atoms with Crippen molar-refractivity contribution in [1.29, 1.82) is 0 Å². The number of aromatic nitrogens is 2. The molecule has 1 atom stereocenters. The predicted octanol–water partition coefficient (Wildman–Crippen LogP) is 2.51. The third-order valence-corrected chi connectivity index (χ3v) is 4.99. The zero-order valence-electron chi connectivity index (χ0n) is 12.0. The number of cyclic esters (lactones) is 1. The van der Waals surface area contributed by atoms with Gasteiger partial charge in [-0.1, -0.05) is 30.0 Å². The summed E-state index contributed by atoms with van der Waals surface area (Å²) in [5, 5.41) is 10.7. The molecule has 0 radical (unpaired) electrons. The Hall–Kier alpha value is -2.00. The van der Waals surface area contributed by atoms with Crippen LogP contribution in [0.25, 0.3) is 0 Å². The lowest BCUT2D eigenvalue weighted by atomic mass is 9.98. The first-order chi connectivity index (χ1) is 11.1. The average molecular weight is 353 g/mol. The molecule has 0 fully saturated rings. The molecule has 0 aliphatic carbocycles. The van der Waals surface area contributed by atoms with E-state index in [1.54, 1.807) is 0 Å². The molecule has 1 aromatic carbocycles. The molecule has 120 valence electrons. The highest BCUT2D eigenvalue weighted by Gasteiger charge is 2.32. The Kier molecular flexibility index (Phi) is 4.58. The van der Waals surface area contributed by atoms with E-state index in [-0.39, 0.29) is 12.0 Å². The van der Waals surface area contributed by atoms with Crippen molar-refractivity contribution in [3.05, 3.63) is 35.1 Å². The molecule has 1 unspecified atom stereocenters. The van der Waals surface area contributed by atoms with Gasteiger partial charge in [-0.3, -0.25) is 10.1 Å². The molecule has 9 heteroatoms.